The van der Waals surface area contributed by atoms with Gasteiger partial charge in [-0.3, -0.25) is 0 Å². The van der Waals surface area contributed by atoms with Crippen LogP contribution in [0.4, 0.5) is 0 Å². The summed E-state index contributed by atoms with van der Waals surface area (Å²) in [4.78, 5) is 0. The van der Waals surface area contributed by atoms with Gasteiger partial charge < -0.3 is 9.41 Å². The van der Waals surface area contributed by atoms with E-state index in [0.717, 1.165) is 0 Å². The first-order chi connectivity index (χ1) is 15.8. The zero-order valence-electron chi connectivity index (χ0n) is 19.3. The summed E-state index contributed by atoms with van der Waals surface area (Å²) in [6, 6.07) is 43.7. The Morgan fingerprint density at radius 3 is 2.06 bits per heavy atom. The molecular weight excluding hydrogens is 620 g/mol. The zero-order chi connectivity index (χ0) is 21.5. The number of hydrogen-bond donors (Lipinski definition) is 0. The molecule has 0 nitrogen and oxygen atoms in total. The van der Waals surface area contributed by atoms with Crippen LogP contribution in [0, 0.1) is 0 Å². The Hall–Kier alpha value is -2.74. The van der Waals surface area contributed by atoms with Crippen molar-refractivity contribution in [3.63, 3.8) is 0 Å². The normalized spacial score (nSPS) is 12.9. The quantitative estimate of drug-likeness (QED) is 0.146. The number of fused-ring (bicyclic) bond motifs is 4. The van der Waals surface area contributed by atoms with Gasteiger partial charge in [0.1, 0.15) is 0 Å². The van der Waals surface area contributed by atoms with Gasteiger partial charge in [0.15, 0.2) is 0 Å². The summed E-state index contributed by atoms with van der Waals surface area (Å²) in [5, 5.41) is 8.48. The Labute approximate surface area is 224 Å². The monoisotopic (exact) mass is 644 g/mol. The second-order valence-corrected chi connectivity index (χ2v) is 10.4. The Morgan fingerprint density at radius 1 is 0.600 bits per heavy atom. The third-order valence-electron chi connectivity index (χ3n) is 6.44. The molecule has 4 heteroatoms. The largest absolute Gasteiger partial charge is 4.00 e. The molecular formula is C31H23F2HfP. The standard InChI is InChI=1S/C16H12P.C15H11.2FH.Hf/c1-17-12-9-11-5-4-7-13(15(11)10-12)14-6-2-3-8-16(14)17;1-2-6-12(7-3-1)14-10-4-8-13-9-5-11-15(13)14;;;/h2-10H,1H3;1-11H;2*1H;/q2*-1;;;+4/p-2. The fraction of sp³-hybridized carbons (Fsp3) is 0.0323. The molecule has 35 heavy (non-hydrogen) atoms. The Morgan fingerprint density at radius 2 is 1.26 bits per heavy atom. The number of halogens is 2. The van der Waals surface area contributed by atoms with Crippen LogP contribution in [0.15, 0.2) is 121 Å². The first-order valence-electron chi connectivity index (χ1n) is 11.0. The number of rotatable bonds is 1. The van der Waals surface area contributed by atoms with Gasteiger partial charge in [0.2, 0.25) is 0 Å². The van der Waals surface area contributed by atoms with Gasteiger partial charge in [0, 0.05) is 0 Å². The molecule has 0 N–H and O–H groups in total. The summed E-state index contributed by atoms with van der Waals surface area (Å²) >= 11 is 0. The molecule has 1 aliphatic rings. The molecule has 2 bridgehead atoms. The molecule has 1 atom stereocenters. The van der Waals surface area contributed by atoms with E-state index in [2.05, 4.69) is 128 Å². The van der Waals surface area contributed by atoms with E-state index in [0.29, 0.717) is 0 Å². The van der Waals surface area contributed by atoms with E-state index >= 15 is 0 Å². The average Bonchev–Trinajstić information content (AvgIpc) is 3.49. The van der Waals surface area contributed by atoms with Crippen molar-refractivity contribution in [3.05, 3.63) is 121 Å². The van der Waals surface area contributed by atoms with Crippen LogP contribution in [0.3, 0.4) is 0 Å². The summed E-state index contributed by atoms with van der Waals surface area (Å²) in [5.74, 6) is 0. The van der Waals surface area contributed by atoms with Crippen molar-refractivity contribution in [1.82, 2.24) is 0 Å². The first-order valence-corrected chi connectivity index (χ1v) is 12.8. The van der Waals surface area contributed by atoms with Crippen molar-refractivity contribution >= 4 is 40.1 Å². The number of benzene rings is 4. The van der Waals surface area contributed by atoms with E-state index in [1.807, 2.05) is 0 Å². The van der Waals surface area contributed by atoms with Crippen molar-refractivity contribution in [2.24, 2.45) is 0 Å². The summed E-state index contributed by atoms with van der Waals surface area (Å²) in [6.45, 7) is 2.37. The first kappa shape index (κ1) is 26.9. The van der Waals surface area contributed by atoms with E-state index in [1.54, 1.807) is 0 Å². The van der Waals surface area contributed by atoms with E-state index in [4.69, 9.17) is 0 Å². The minimum Gasteiger partial charge on any atom is -1.00 e. The molecule has 6 aromatic rings. The van der Waals surface area contributed by atoms with Crippen molar-refractivity contribution in [2.45, 2.75) is 0 Å². The molecule has 0 fully saturated rings. The summed E-state index contributed by atoms with van der Waals surface area (Å²) in [5.41, 5.74) is 5.43. The van der Waals surface area contributed by atoms with Gasteiger partial charge in [0.25, 0.3) is 0 Å². The van der Waals surface area contributed by atoms with Crippen molar-refractivity contribution < 1.29 is 35.3 Å². The van der Waals surface area contributed by atoms with Crippen LogP contribution >= 0.6 is 7.92 Å². The Bertz CT molecular complexity index is 1550. The van der Waals surface area contributed by atoms with E-state index in [-0.39, 0.29) is 43.2 Å². The molecule has 0 saturated carbocycles. The molecule has 0 saturated heterocycles. The second kappa shape index (κ2) is 11.3. The smallest absolute Gasteiger partial charge is 1.00 e. The zero-order valence-corrected chi connectivity index (χ0v) is 23.7. The maximum atomic E-state index is 2.39. The van der Waals surface area contributed by atoms with E-state index in [1.165, 1.54) is 54.4 Å². The average molecular weight is 643 g/mol. The molecule has 0 radical (unpaired) electrons. The molecule has 6 aromatic carbocycles. The van der Waals surface area contributed by atoms with Crippen LogP contribution in [0.2, 0.25) is 0 Å². The Balaban J connectivity index is 0.000000181. The summed E-state index contributed by atoms with van der Waals surface area (Å²) in [6.07, 6.45) is 0. The van der Waals surface area contributed by atoms with Gasteiger partial charge >= 0.3 is 25.8 Å². The predicted molar refractivity (Wildman–Crippen MR) is 142 cm³/mol. The van der Waals surface area contributed by atoms with Gasteiger partial charge in [-0.2, -0.15) is 18.2 Å². The molecule has 170 valence electrons. The molecule has 0 spiro atoms. The van der Waals surface area contributed by atoms with Crippen LogP contribution in [-0.4, -0.2) is 6.66 Å². The SMILES string of the molecule is CP1c2cc3c(cccc3[cH-]2)-c2ccccc21.[F-].[F-].[Hf+4].c1ccc(-c2cccc3[cH-]ccc23)cc1. The minimum absolute atomic E-state index is 0. The van der Waals surface area contributed by atoms with E-state index in [9.17, 15) is 0 Å². The molecule has 1 aliphatic heterocycles. The van der Waals surface area contributed by atoms with Crippen molar-refractivity contribution in [3.8, 4) is 22.3 Å². The summed E-state index contributed by atoms with van der Waals surface area (Å²) in [7, 11) is -0.192. The maximum Gasteiger partial charge on any atom is 4.00 e. The topological polar surface area (TPSA) is 0 Å². The van der Waals surface area contributed by atoms with Crippen molar-refractivity contribution in [1.29, 1.82) is 0 Å². The van der Waals surface area contributed by atoms with Crippen LogP contribution in [0.25, 0.3) is 43.8 Å². The van der Waals surface area contributed by atoms with Crippen molar-refractivity contribution in [2.75, 3.05) is 6.66 Å². The minimum atomic E-state index is -0.192. The van der Waals surface area contributed by atoms with Gasteiger partial charge in [-0.25, -0.2) is 0 Å². The Kier molecular flexibility index (Phi) is 8.70. The van der Waals surface area contributed by atoms with Gasteiger partial charge in [-0.05, 0) is 23.1 Å². The molecule has 1 heterocycles. The van der Waals surface area contributed by atoms with Crippen LogP contribution in [-0.2, 0) is 25.8 Å². The molecule has 1 unspecified atom stereocenters. The van der Waals surface area contributed by atoms with Crippen LogP contribution in [0.1, 0.15) is 0 Å². The third-order valence-corrected chi connectivity index (χ3v) is 8.59. The fourth-order valence-electron chi connectivity index (χ4n) is 4.81. The maximum absolute atomic E-state index is 2.39. The van der Waals surface area contributed by atoms with Crippen LogP contribution in [0.5, 0.6) is 0 Å². The molecule has 0 amide bonds. The van der Waals surface area contributed by atoms with E-state index < -0.39 is 0 Å². The van der Waals surface area contributed by atoms with Gasteiger partial charge in [0.05, 0.1) is 0 Å². The molecule has 7 rings (SSSR count). The fourth-order valence-corrected chi connectivity index (χ4v) is 6.61. The number of hydrogen-bond acceptors (Lipinski definition) is 0. The van der Waals surface area contributed by atoms with Gasteiger partial charge in [-0.1, -0.05) is 85.8 Å². The molecule has 0 aliphatic carbocycles. The molecule has 0 aromatic heterocycles. The third kappa shape index (κ3) is 4.85. The summed E-state index contributed by atoms with van der Waals surface area (Å²) < 4.78 is 0. The predicted octanol–water partition coefficient (Wildman–Crippen LogP) is 1.83. The second-order valence-electron chi connectivity index (χ2n) is 8.30. The van der Waals surface area contributed by atoms with Gasteiger partial charge in [-0.15, -0.1) is 63.2 Å². The van der Waals surface area contributed by atoms with Crippen LogP contribution < -0.4 is 20.0 Å².